The van der Waals surface area contributed by atoms with Crippen LogP contribution < -0.4 is 5.73 Å². The van der Waals surface area contributed by atoms with Crippen molar-refractivity contribution in [3.63, 3.8) is 0 Å². The van der Waals surface area contributed by atoms with E-state index in [1.165, 1.54) is 0 Å². The Labute approximate surface area is 71.3 Å². The van der Waals surface area contributed by atoms with Crippen LogP contribution >= 0.6 is 24.2 Å². The highest BCUT2D eigenvalue weighted by molar-refractivity contribution is 7.99. The Morgan fingerprint density at radius 2 is 1.90 bits per heavy atom. The van der Waals surface area contributed by atoms with Crippen LogP contribution in [0.2, 0.25) is 0 Å². The van der Waals surface area contributed by atoms with E-state index in [9.17, 15) is 4.39 Å². The van der Waals surface area contributed by atoms with Crippen LogP contribution in [-0.4, -0.2) is 23.7 Å². The van der Waals surface area contributed by atoms with Gasteiger partial charge in [0, 0.05) is 6.54 Å². The highest BCUT2D eigenvalue weighted by Crippen LogP contribution is 2.29. The minimum atomic E-state index is -1.02. The van der Waals surface area contributed by atoms with Gasteiger partial charge in [0.05, 0.1) is 0 Å². The second-order valence-electron chi connectivity index (χ2n) is 2.47. The van der Waals surface area contributed by atoms with E-state index in [1.807, 2.05) is 11.8 Å². The zero-order valence-electron chi connectivity index (χ0n) is 5.81. The Morgan fingerprint density at radius 1 is 1.40 bits per heavy atom. The van der Waals surface area contributed by atoms with Gasteiger partial charge in [-0.05, 0) is 24.3 Å². The molecule has 1 fully saturated rings. The van der Waals surface area contributed by atoms with Crippen molar-refractivity contribution < 1.29 is 4.39 Å². The van der Waals surface area contributed by atoms with Crippen molar-refractivity contribution in [3.8, 4) is 0 Å². The van der Waals surface area contributed by atoms with Crippen molar-refractivity contribution in [2.24, 2.45) is 5.73 Å². The molecule has 0 atom stereocenters. The molecule has 1 aliphatic heterocycles. The molecule has 0 aromatic heterocycles. The molecule has 1 heterocycles. The predicted octanol–water partition coefficient (Wildman–Crippen LogP) is 1.60. The maximum absolute atomic E-state index is 13.2. The van der Waals surface area contributed by atoms with E-state index >= 15 is 0 Å². The third-order valence-electron chi connectivity index (χ3n) is 1.75. The van der Waals surface area contributed by atoms with E-state index in [0.717, 1.165) is 11.5 Å². The fourth-order valence-electron chi connectivity index (χ4n) is 0.941. The van der Waals surface area contributed by atoms with Crippen molar-refractivity contribution in [2.45, 2.75) is 18.5 Å². The summed E-state index contributed by atoms with van der Waals surface area (Å²) in [5, 5.41) is 0. The summed E-state index contributed by atoms with van der Waals surface area (Å²) in [6.07, 6.45) is 1.29. The quantitative estimate of drug-likeness (QED) is 0.672. The molecular weight excluding hydrogens is 173 g/mol. The van der Waals surface area contributed by atoms with Gasteiger partial charge < -0.3 is 5.73 Å². The normalized spacial score (nSPS) is 23.4. The minimum absolute atomic E-state index is 0. The molecule has 1 rings (SSSR count). The van der Waals surface area contributed by atoms with Crippen LogP contribution in [0.15, 0.2) is 0 Å². The summed E-state index contributed by atoms with van der Waals surface area (Å²) in [4.78, 5) is 0. The lowest BCUT2D eigenvalue weighted by Crippen LogP contribution is -2.36. The molecule has 0 aromatic carbocycles. The third-order valence-corrected chi connectivity index (χ3v) is 2.74. The van der Waals surface area contributed by atoms with Crippen molar-refractivity contribution >= 4 is 24.2 Å². The first kappa shape index (κ1) is 10.5. The summed E-state index contributed by atoms with van der Waals surface area (Å²) in [5.41, 5.74) is 4.23. The van der Waals surface area contributed by atoms with Gasteiger partial charge in [-0.1, -0.05) is 0 Å². The molecule has 4 heteroatoms. The van der Waals surface area contributed by atoms with Gasteiger partial charge in [-0.3, -0.25) is 0 Å². The van der Waals surface area contributed by atoms with E-state index in [0.29, 0.717) is 12.8 Å². The first-order valence-electron chi connectivity index (χ1n) is 3.24. The number of hydrogen-bond acceptors (Lipinski definition) is 2. The van der Waals surface area contributed by atoms with Crippen molar-refractivity contribution in [3.05, 3.63) is 0 Å². The molecule has 0 bridgehead atoms. The Kier molecular flexibility index (Phi) is 4.65. The molecule has 10 heavy (non-hydrogen) atoms. The molecule has 1 saturated heterocycles. The number of halogens is 2. The minimum Gasteiger partial charge on any atom is -0.328 e. The smallest absolute Gasteiger partial charge is 0.124 e. The summed E-state index contributed by atoms with van der Waals surface area (Å²) in [6.45, 7) is 0.202. The SMILES string of the molecule is Cl.NCC1(F)CCSCC1. The molecule has 1 nitrogen and oxygen atoms in total. The molecule has 0 radical (unpaired) electrons. The van der Waals surface area contributed by atoms with Crippen LogP contribution in [0.5, 0.6) is 0 Å². The molecule has 1 aliphatic rings. The molecule has 62 valence electrons. The summed E-state index contributed by atoms with van der Waals surface area (Å²) < 4.78 is 13.2. The monoisotopic (exact) mass is 185 g/mol. The second-order valence-corrected chi connectivity index (χ2v) is 3.69. The topological polar surface area (TPSA) is 26.0 Å². The number of rotatable bonds is 1. The molecule has 0 unspecified atom stereocenters. The molecule has 0 saturated carbocycles. The molecular formula is C6H13ClFNS. The molecule has 0 aliphatic carbocycles. The summed E-state index contributed by atoms with van der Waals surface area (Å²) in [5.74, 6) is 1.88. The van der Waals surface area contributed by atoms with Gasteiger partial charge in [0.25, 0.3) is 0 Å². The Morgan fingerprint density at radius 3 is 2.20 bits per heavy atom. The van der Waals surface area contributed by atoms with Gasteiger partial charge >= 0.3 is 0 Å². The van der Waals surface area contributed by atoms with E-state index in [-0.39, 0.29) is 19.0 Å². The van der Waals surface area contributed by atoms with Crippen LogP contribution in [-0.2, 0) is 0 Å². The van der Waals surface area contributed by atoms with Gasteiger partial charge in [0.2, 0.25) is 0 Å². The predicted molar refractivity (Wildman–Crippen MR) is 46.7 cm³/mol. The Bertz CT molecular complexity index is 95.7. The van der Waals surface area contributed by atoms with E-state index in [1.54, 1.807) is 0 Å². The number of thioether (sulfide) groups is 1. The lowest BCUT2D eigenvalue weighted by atomic mass is 10.00. The number of nitrogens with two attached hydrogens (primary N) is 1. The van der Waals surface area contributed by atoms with E-state index in [4.69, 9.17) is 5.73 Å². The summed E-state index contributed by atoms with van der Waals surface area (Å²) in [7, 11) is 0. The van der Waals surface area contributed by atoms with Crippen LogP contribution in [0, 0.1) is 0 Å². The number of hydrogen-bond donors (Lipinski definition) is 1. The van der Waals surface area contributed by atoms with Crippen molar-refractivity contribution in [2.75, 3.05) is 18.1 Å². The molecule has 0 spiro atoms. The van der Waals surface area contributed by atoms with Crippen LogP contribution in [0.3, 0.4) is 0 Å². The summed E-state index contributed by atoms with van der Waals surface area (Å²) in [6, 6.07) is 0. The molecule has 2 N–H and O–H groups in total. The average molecular weight is 186 g/mol. The second kappa shape index (κ2) is 4.42. The van der Waals surface area contributed by atoms with Gasteiger partial charge in [-0.2, -0.15) is 11.8 Å². The maximum atomic E-state index is 13.2. The first-order valence-corrected chi connectivity index (χ1v) is 4.39. The number of alkyl halides is 1. The van der Waals surface area contributed by atoms with Crippen molar-refractivity contribution in [1.82, 2.24) is 0 Å². The maximum Gasteiger partial charge on any atom is 0.124 e. The van der Waals surface area contributed by atoms with E-state index in [2.05, 4.69) is 0 Å². The largest absolute Gasteiger partial charge is 0.328 e. The van der Waals surface area contributed by atoms with Gasteiger partial charge in [-0.15, -0.1) is 12.4 Å². The van der Waals surface area contributed by atoms with Gasteiger partial charge in [-0.25, -0.2) is 4.39 Å². The van der Waals surface area contributed by atoms with Crippen LogP contribution in [0.4, 0.5) is 4.39 Å². The highest BCUT2D eigenvalue weighted by Gasteiger charge is 2.29. The van der Waals surface area contributed by atoms with E-state index < -0.39 is 5.67 Å². The molecule has 0 amide bonds. The zero-order valence-corrected chi connectivity index (χ0v) is 7.44. The lowest BCUT2D eigenvalue weighted by Gasteiger charge is -2.27. The highest BCUT2D eigenvalue weighted by atomic mass is 35.5. The van der Waals surface area contributed by atoms with Crippen LogP contribution in [0.1, 0.15) is 12.8 Å². The standard InChI is InChI=1S/C6H12FNS.ClH/c7-6(5-8)1-3-9-4-2-6;/h1-5,8H2;1H. The zero-order chi connectivity index (χ0) is 6.74. The molecule has 0 aromatic rings. The van der Waals surface area contributed by atoms with Gasteiger partial charge in [0.1, 0.15) is 5.67 Å². The first-order chi connectivity index (χ1) is 4.27. The van der Waals surface area contributed by atoms with Crippen LogP contribution in [0.25, 0.3) is 0 Å². The fraction of sp³-hybridized carbons (Fsp3) is 1.00. The lowest BCUT2D eigenvalue weighted by molar-refractivity contribution is 0.161. The van der Waals surface area contributed by atoms with Crippen molar-refractivity contribution in [1.29, 1.82) is 0 Å². The average Bonchev–Trinajstić information content (AvgIpc) is 1.90. The Balaban J connectivity index is 0.000000810. The fourth-order valence-corrected chi connectivity index (χ4v) is 2.17. The summed E-state index contributed by atoms with van der Waals surface area (Å²) >= 11 is 1.82. The third kappa shape index (κ3) is 2.64. The van der Waals surface area contributed by atoms with Gasteiger partial charge in [0.15, 0.2) is 0 Å². The Hall–Kier alpha value is 0.530.